The van der Waals surface area contributed by atoms with E-state index >= 15 is 0 Å². The van der Waals surface area contributed by atoms with Crippen LogP contribution >= 0.6 is 22.7 Å². The fraction of sp³-hybridized carbons (Fsp3) is 0.400. The van der Waals surface area contributed by atoms with Crippen LogP contribution < -0.4 is 10.9 Å². The molecule has 0 atom stereocenters. The lowest BCUT2D eigenvalue weighted by Gasteiger charge is -2.01. The van der Waals surface area contributed by atoms with Crippen LogP contribution in [0.2, 0.25) is 0 Å². The number of carbonyl (C=O) groups is 2. The van der Waals surface area contributed by atoms with Crippen LogP contribution in [0.15, 0.2) is 22.3 Å². The lowest BCUT2D eigenvalue weighted by atomic mass is 10.1. The summed E-state index contributed by atoms with van der Waals surface area (Å²) >= 11 is 2.44. The number of thiophene rings is 2. The summed E-state index contributed by atoms with van der Waals surface area (Å²) < 4.78 is 0. The van der Waals surface area contributed by atoms with Gasteiger partial charge in [0.2, 0.25) is 11.8 Å². The van der Waals surface area contributed by atoms with E-state index < -0.39 is 9.85 Å². The van der Waals surface area contributed by atoms with Gasteiger partial charge in [0.1, 0.15) is 0 Å². The van der Waals surface area contributed by atoms with Crippen molar-refractivity contribution in [2.45, 2.75) is 52.4 Å². The molecular formula is C20H24N6O6S2. The highest BCUT2D eigenvalue weighted by atomic mass is 32.1. The predicted molar refractivity (Wildman–Crippen MR) is 131 cm³/mol. The van der Waals surface area contributed by atoms with E-state index in [2.05, 4.69) is 21.1 Å². The minimum absolute atomic E-state index is 0.0298. The summed E-state index contributed by atoms with van der Waals surface area (Å²) in [5.41, 5.74) is 4.85. The number of nitro groups is 2. The topological polar surface area (TPSA) is 169 Å². The molecule has 0 aliphatic heterocycles. The summed E-state index contributed by atoms with van der Waals surface area (Å²) in [5, 5.41) is 29.3. The van der Waals surface area contributed by atoms with E-state index in [1.54, 1.807) is 13.8 Å². The number of nitrogens with one attached hydrogen (secondary N) is 2. The zero-order valence-corrected chi connectivity index (χ0v) is 20.2. The molecule has 2 aromatic heterocycles. The molecule has 0 saturated carbocycles. The molecule has 0 radical (unpaired) electrons. The van der Waals surface area contributed by atoms with Crippen LogP contribution in [0.5, 0.6) is 0 Å². The lowest BCUT2D eigenvalue weighted by molar-refractivity contribution is -0.385. The minimum atomic E-state index is -0.458. The minimum Gasteiger partial charge on any atom is -0.273 e. The zero-order chi connectivity index (χ0) is 25.1. The average Bonchev–Trinajstić information content (AvgIpc) is 3.32. The summed E-state index contributed by atoms with van der Waals surface area (Å²) in [6.07, 6.45) is 6.13. The smallest absolute Gasteiger partial charge is 0.273 e. The Balaban J connectivity index is 1.56. The molecule has 2 heterocycles. The second-order valence-electron chi connectivity index (χ2n) is 7.20. The Morgan fingerprint density at radius 2 is 1.21 bits per heavy atom. The van der Waals surface area contributed by atoms with Crippen LogP contribution in [0.4, 0.5) is 11.4 Å². The second-order valence-corrected chi connectivity index (χ2v) is 9.77. The van der Waals surface area contributed by atoms with E-state index in [0.717, 1.165) is 12.8 Å². The molecule has 0 aliphatic carbocycles. The van der Waals surface area contributed by atoms with Crippen molar-refractivity contribution in [3.8, 4) is 0 Å². The van der Waals surface area contributed by atoms with Gasteiger partial charge in [0.15, 0.2) is 0 Å². The van der Waals surface area contributed by atoms with E-state index in [0.29, 0.717) is 32.4 Å². The maximum absolute atomic E-state index is 11.8. The molecule has 0 spiro atoms. The Hall–Kier alpha value is -3.52. The average molecular weight is 509 g/mol. The zero-order valence-electron chi connectivity index (χ0n) is 18.6. The normalized spacial score (nSPS) is 11.2. The first-order chi connectivity index (χ1) is 16.2. The SMILES string of the molecule is Cc1sc(/C=N\NC(=O)CCCCCCC(=O)N/N=C\c2cc([N+](=O)[O-])c(C)s2)cc1[N+](=O)[O-]. The van der Waals surface area contributed by atoms with E-state index in [-0.39, 0.29) is 36.0 Å². The monoisotopic (exact) mass is 508 g/mol. The number of carbonyl (C=O) groups excluding carboxylic acids is 2. The number of aryl methyl sites for hydroxylation is 2. The van der Waals surface area contributed by atoms with Crippen molar-refractivity contribution >= 4 is 58.3 Å². The Bertz CT molecular complexity index is 1020. The molecule has 14 heteroatoms. The standard InChI is InChI=1S/C20H24N6O6S2/c1-13-17(25(29)30)9-15(33-13)11-21-23-19(27)7-5-3-4-6-8-20(28)24-22-12-16-10-18(26(31)32)14(2)34-16/h9-12H,3-8H2,1-2H3,(H,23,27)(H,24,28)/b21-11-,22-12-. The van der Waals surface area contributed by atoms with Gasteiger partial charge in [-0.25, -0.2) is 10.9 Å². The molecule has 34 heavy (non-hydrogen) atoms. The van der Waals surface area contributed by atoms with Gasteiger partial charge in [-0.05, 0) is 26.7 Å². The molecular weight excluding hydrogens is 484 g/mol. The van der Waals surface area contributed by atoms with Crippen LogP contribution in [-0.2, 0) is 9.59 Å². The van der Waals surface area contributed by atoms with Crippen LogP contribution in [0.1, 0.15) is 58.0 Å². The van der Waals surface area contributed by atoms with Crippen molar-refractivity contribution in [2.24, 2.45) is 10.2 Å². The summed E-state index contributed by atoms with van der Waals surface area (Å²) in [4.78, 5) is 46.7. The fourth-order valence-corrected chi connectivity index (χ4v) is 4.59. The third kappa shape index (κ3) is 8.78. The van der Waals surface area contributed by atoms with Crippen molar-refractivity contribution in [3.63, 3.8) is 0 Å². The Labute approximate surface area is 203 Å². The van der Waals surface area contributed by atoms with Gasteiger partial charge in [0.05, 0.1) is 41.8 Å². The number of hydrazone groups is 2. The van der Waals surface area contributed by atoms with Crippen molar-refractivity contribution < 1.29 is 19.4 Å². The molecule has 0 unspecified atom stereocenters. The molecule has 182 valence electrons. The molecule has 0 bridgehead atoms. The molecule has 0 aromatic carbocycles. The molecule has 0 fully saturated rings. The Morgan fingerprint density at radius 3 is 1.53 bits per heavy atom. The van der Waals surface area contributed by atoms with Gasteiger partial charge in [0.25, 0.3) is 11.4 Å². The van der Waals surface area contributed by atoms with Gasteiger partial charge in [0, 0.05) is 25.0 Å². The fourth-order valence-electron chi connectivity index (χ4n) is 2.85. The van der Waals surface area contributed by atoms with E-state index in [4.69, 9.17) is 0 Å². The number of nitrogens with zero attached hydrogens (tertiary/aromatic N) is 4. The highest BCUT2D eigenvalue weighted by Crippen LogP contribution is 2.27. The molecule has 2 rings (SSSR count). The third-order valence-corrected chi connectivity index (χ3v) is 6.48. The number of hydrogen-bond acceptors (Lipinski definition) is 10. The van der Waals surface area contributed by atoms with Gasteiger partial charge in [-0.1, -0.05) is 12.8 Å². The van der Waals surface area contributed by atoms with Crippen LogP contribution in [0, 0.1) is 34.1 Å². The summed E-state index contributed by atoms with van der Waals surface area (Å²) in [5.74, 6) is -0.509. The van der Waals surface area contributed by atoms with Gasteiger partial charge in [-0.3, -0.25) is 29.8 Å². The Morgan fingerprint density at radius 1 is 0.824 bits per heavy atom. The largest absolute Gasteiger partial charge is 0.283 e. The maximum Gasteiger partial charge on any atom is 0.283 e. The summed E-state index contributed by atoms with van der Waals surface area (Å²) in [7, 11) is 0. The maximum atomic E-state index is 11.8. The van der Waals surface area contributed by atoms with E-state index in [1.807, 2.05) is 0 Å². The Kier molecular flexibility index (Phi) is 10.4. The molecule has 0 aliphatic rings. The quantitative estimate of drug-likeness (QED) is 0.178. The van der Waals surface area contributed by atoms with Crippen LogP contribution in [0.3, 0.4) is 0 Å². The number of amides is 2. The highest BCUT2D eigenvalue weighted by Gasteiger charge is 2.15. The van der Waals surface area contributed by atoms with Gasteiger partial charge >= 0.3 is 0 Å². The molecule has 2 N–H and O–H groups in total. The number of unbranched alkanes of at least 4 members (excludes halogenated alkanes) is 3. The first-order valence-electron chi connectivity index (χ1n) is 10.3. The molecule has 2 amide bonds. The van der Waals surface area contributed by atoms with Gasteiger partial charge < -0.3 is 0 Å². The lowest BCUT2D eigenvalue weighted by Crippen LogP contribution is -2.17. The van der Waals surface area contributed by atoms with Crippen LogP contribution in [-0.4, -0.2) is 34.1 Å². The molecule has 0 saturated heterocycles. The van der Waals surface area contributed by atoms with Crippen molar-refractivity contribution in [1.29, 1.82) is 0 Å². The summed E-state index contributed by atoms with van der Waals surface area (Å²) in [6, 6.07) is 2.82. The predicted octanol–water partition coefficient (Wildman–Crippen LogP) is 4.18. The van der Waals surface area contributed by atoms with E-state index in [9.17, 15) is 29.8 Å². The first kappa shape index (κ1) is 26.7. The first-order valence-corrected chi connectivity index (χ1v) is 11.9. The summed E-state index contributed by atoms with van der Waals surface area (Å²) in [6.45, 7) is 3.30. The van der Waals surface area contributed by atoms with E-state index in [1.165, 1.54) is 47.2 Å². The molecule has 12 nitrogen and oxygen atoms in total. The second kappa shape index (κ2) is 13.3. The van der Waals surface area contributed by atoms with Crippen molar-refractivity contribution in [3.05, 3.63) is 51.9 Å². The van der Waals surface area contributed by atoms with Crippen molar-refractivity contribution in [2.75, 3.05) is 0 Å². The van der Waals surface area contributed by atoms with Crippen LogP contribution in [0.25, 0.3) is 0 Å². The highest BCUT2D eigenvalue weighted by molar-refractivity contribution is 7.14. The number of rotatable bonds is 13. The number of hydrogen-bond donors (Lipinski definition) is 2. The van der Waals surface area contributed by atoms with Gasteiger partial charge in [-0.15, -0.1) is 22.7 Å². The van der Waals surface area contributed by atoms with Crippen molar-refractivity contribution in [1.82, 2.24) is 10.9 Å². The third-order valence-electron chi connectivity index (χ3n) is 4.53. The molecule has 2 aromatic rings. The van der Waals surface area contributed by atoms with Gasteiger partial charge in [-0.2, -0.15) is 10.2 Å².